The molecular weight excluding hydrogens is 483 g/mol. The van der Waals surface area contributed by atoms with Gasteiger partial charge >= 0.3 is 19.8 Å². The first-order chi connectivity index (χ1) is 17.3. The molecule has 1 atom stereocenters. The van der Waals surface area contributed by atoms with Gasteiger partial charge in [0.15, 0.2) is 6.10 Å². The Kier molecular flexibility index (Phi) is 23.3. The third kappa shape index (κ3) is 25.9. The second-order valence-corrected chi connectivity index (χ2v) is 10.6. The van der Waals surface area contributed by atoms with Crippen molar-refractivity contribution in [2.75, 3.05) is 13.2 Å². The van der Waals surface area contributed by atoms with Crippen LogP contribution in [0.2, 0.25) is 0 Å². The summed E-state index contributed by atoms with van der Waals surface area (Å²) in [7, 11) is -4.72. The van der Waals surface area contributed by atoms with Gasteiger partial charge in [-0.25, -0.2) is 4.57 Å². The fourth-order valence-electron chi connectivity index (χ4n) is 3.66. The molecule has 0 aromatic heterocycles. The second-order valence-electron chi connectivity index (χ2n) is 9.37. The second kappa shape index (κ2) is 24.1. The van der Waals surface area contributed by atoms with Crippen molar-refractivity contribution in [3.63, 3.8) is 0 Å². The van der Waals surface area contributed by atoms with Gasteiger partial charge in [-0.15, -0.1) is 0 Å². The summed E-state index contributed by atoms with van der Waals surface area (Å²) in [4.78, 5) is 41.7. The zero-order valence-corrected chi connectivity index (χ0v) is 23.6. The minimum Gasteiger partial charge on any atom is -0.462 e. The third-order valence-corrected chi connectivity index (χ3v) is 6.27. The molecule has 0 fully saturated rings. The van der Waals surface area contributed by atoms with E-state index < -0.39 is 32.5 Å². The van der Waals surface area contributed by atoms with E-state index >= 15 is 0 Å². The highest BCUT2D eigenvalue weighted by Gasteiger charge is 2.22. The Balaban J connectivity index is 3.95. The average molecular weight is 535 g/mol. The Labute approximate surface area is 218 Å². The molecule has 9 heteroatoms. The van der Waals surface area contributed by atoms with Crippen LogP contribution in [0.4, 0.5) is 0 Å². The summed E-state index contributed by atoms with van der Waals surface area (Å²) in [6.45, 7) is 3.44. The van der Waals surface area contributed by atoms with Gasteiger partial charge in [-0.05, 0) is 38.5 Å². The van der Waals surface area contributed by atoms with Crippen LogP contribution in [0.1, 0.15) is 129 Å². The minimum absolute atomic E-state index is 0.203. The predicted octanol–water partition coefficient (Wildman–Crippen LogP) is 7.17. The Morgan fingerprint density at radius 3 is 1.75 bits per heavy atom. The summed E-state index contributed by atoms with van der Waals surface area (Å²) in [6.07, 6.45) is 21.7. The predicted molar refractivity (Wildman–Crippen MR) is 142 cm³/mol. The van der Waals surface area contributed by atoms with Crippen LogP contribution in [0.3, 0.4) is 0 Å². The van der Waals surface area contributed by atoms with Crippen LogP contribution in [0.25, 0.3) is 0 Å². The van der Waals surface area contributed by atoms with Crippen molar-refractivity contribution in [1.29, 1.82) is 0 Å². The summed E-state index contributed by atoms with van der Waals surface area (Å²) >= 11 is 0. The molecule has 212 valence electrons. The number of ether oxygens (including phenoxy) is 2. The van der Waals surface area contributed by atoms with Crippen molar-refractivity contribution >= 4 is 19.8 Å². The van der Waals surface area contributed by atoms with Crippen molar-refractivity contribution in [1.82, 2.24) is 0 Å². The number of phosphoric ester groups is 1. The van der Waals surface area contributed by atoms with E-state index in [2.05, 4.69) is 23.6 Å². The lowest BCUT2D eigenvalue weighted by molar-refractivity contribution is -0.161. The fraction of sp³-hybridized carbons (Fsp3) is 0.852. The lowest BCUT2D eigenvalue weighted by Crippen LogP contribution is -2.29. The van der Waals surface area contributed by atoms with Crippen molar-refractivity contribution in [3.8, 4) is 0 Å². The molecule has 2 N–H and O–H groups in total. The maximum atomic E-state index is 12.1. The quantitative estimate of drug-likeness (QED) is 0.0547. The van der Waals surface area contributed by atoms with Gasteiger partial charge in [0.2, 0.25) is 0 Å². The van der Waals surface area contributed by atoms with E-state index in [0.29, 0.717) is 12.8 Å². The Morgan fingerprint density at radius 1 is 0.694 bits per heavy atom. The van der Waals surface area contributed by atoms with Crippen molar-refractivity contribution in [2.45, 2.75) is 136 Å². The summed E-state index contributed by atoms with van der Waals surface area (Å²) in [5.41, 5.74) is 0. The molecule has 0 aliphatic carbocycles. The van der Waals surface area contributed by atoms with Crippen molar-refractivity contribution in [3.05, 3.63) is 12.2 Å². The molecule has 0 aromatic rings. The zero-order chi connectivity index (χ0) is 26.9. The Morgan fingerprint density at radius 2 is 1.17 bits per heavy atom. The van der Waals surface area contributed by atoms with Gasteiger partial charge in [0.1, 0.15) is 6.61 Å². The zero-order valence-electron chi connectivity index (χ0n) is 22.7. The van der Waals surface area contributed by atoms with Crippen LogP contribution in [0.5, 0.6) is 0 Å². The molecular formula is C27H51O8P. The minimum atomic E-state index is -4.72. The molecule has 0 amide bonds. The summed E-state index contributed by atoms with van der Waals surface area (Å²) < 4.78 is 25.8. The van der Waals surface area contributed by atoms with Gasteiger partial charge in [-0.3, -0.25) is 14.1 Å². The number of unbranched alkanes of at least 4 members (excludes halogenated alkanes) is 13. The van der Waals surface area contributed by atoms with Crippen molar-refractivity contribution in [2.24, 2.45) is 0 Å². The van der Waals surface area contributed by atoms with Crippen LogP contribution in [-0.4, -0.2) is 41.0 Å². The normalized spacial score (nSPS) is 12.7. The van der Waals surface area contributed by atoms with E-state index in [4.69, 9.17) is 19.3 Å². The smallest absolute Gasteiger partial charge is 0.462 e. The van der Waals surface area contributed by atoms with Crippen LogP contribution in [-0.2, 0) is 28.2 Å². The number of carbonyl (C=O) groups excluding carboxylic acids is 2. The standard InChI is InChI=1S/C27H51O8P/c1-3-5-7-8-9-10-11-12-13-14-15-16-17-18-20-22-27(29)35-25(24-34-36(30,31)32)23-33-26(28)21-19-6-4-2/h12-13,25H,3-11,14-24H2,1-2H3,(H2,30,31,32)/b13-12-. The van der Waals surface area contributed by atoms with E-state index in [1.807, 2.05) is 6.92 Å². The monoisotopic (exact) mass is 534 g/mol. The first-order valence-corrected chi connectivity index (χ1v) is 15.5. The van der Waals surface area contributed by atoms with Crippen LogP contribution >= 0.6 is 7.82 Å². The topological polar surface area (TPSA) is 119 Å². The number of esters is 2. The molecule has 0 aliphatic rings. The summed E-state index contributed by atoms with van der Waals surface area (Å²) in [6, 6.07) is 0. The van der Waals surface area contributed by atoms with Gasteiger partial charge in [0.25, 0.3) is 0 Å². The molecule has 0 radical (unpaired) electrons. The molecule has 0 bridgehead atoms. The number of carbonyl (C=O) groups is 2. The largest absolute Gasteiger partial charge is 0.469 e. The highest BCUT2D eigenvalue weighted by atomic mass is 31.2. The first kappa shape index (κ1) is 34.8. The number of hydrogen-bond donors (Lipinski definition) is 2. The SMILES string of the molecule is CCCCCCCC/C=C\CCCCCCCC(=O)OC(COC(=O)CCCCC)COP(=O)(O)O. The summed E-state index contributed by atoms with van der Waals surface area (Å²) in [5.74, 6) is -0.924. The van der Waals surface area contributed by atoms with E-state index in [-0.39, 0.29) is 19.4 Å². The maximum Gasteiger partial charge on any atom is 0.469 e. The number of hydrogen-bond acceptors (Lipinski definition) is 6. The fourth-order valence-corrected chi connectivity index (χ4v) is 4.02. The van der Waals surface area contributed by atoms with Gasteiger partial charge in [-0.1, -0.05) is 90.2 Å². The molecule has 0 aromatic carbocycles. The summed E-state index contributed by atoms with van der Waals surface area (Å²) in [5, 5.41) is 0. The van der Waals surface area contributed by atoms with E-state index in [1.165, 1.54) is 44.9 Å². The molecule has 0 saturated heterocycles. The number of allylic oxidation sites excluding steroid dienone is 2. The molecule has 0 heterocycles. The molecule has 0 spiro atoms. The van der Waals surface area contributed by atoms with Gasteiger partial charge in [-0.2, -0.15) is 0 Å². The van der Waals surface area contributed by atoms with Gasteiger partial charge in [0.05, 0.1) is 6.61 Å². The molecule has 36 heavy (non-hydrogen) atoms. The van der Waals surface area contributed by atoms with Crippen LogP contribution < -0.4 is 0 Å². The highest BCUT2D eigenvalue weighted by molar-refractivity contribution is 7.46. The van der Waals surface area contributed by atoms with Crippen molar-refractivity contribution < 1.29 is 37.9 Å². The Bertz CT molecular complexity index is 617. The lowest BCUT2D eigenvalue weighted by atomic mass is 10.1. The van der Waals surface area contributed by atoms with E-state index in [1.54, 1.807) is 0 Å². The lowest BCUT2D eigenvalue weighted by Gasteiger charge is -2.18. The van der Waals surface area contributed by atoms with E-state index in [0.717, 1.165) is 44.9 Å². The molecule has 8 nitrogen and oxygen atoms in total. The van der Waals surface area contributed by atoms with E-state index in [9.17, 15) is 14.2 Å². The van der Waals surface area contributed by atoms with Crippen LogP contribution in [0.15, 0.2) is 12.2 Å². The number of phosphoric acid groups is 1. The molecule has 0 aliphatic heterocycles. The number of rotatable bonds is 25. The van der Waals surface area contributed by atoms with Gasteiger partial charge < -0.3 is 19.3 Å². The highest BCUT2D eigenvalue weighted by Crippen LogP contribution is 2.35. The maximum absolute atomic E-state index is 12.1. The Hall–Kier alpha value is -1.21. The van der Waals surface area contributed by atoms with Crippen LogP contribution in [0, 0.1) is 0 Å². The molecule has 1 unspecified atom stereocenters. The third-order valence-electron chi connectivity index (χ3n) is 5.78. The van der Waals surface area contributed by atoms with Gasteiger partial charge in [0, 0.05) is 12.8 Å². The molecule has 0 rings (SSSR count). The first-order valence-electron chi connectivity index (χ1n) is 14.0. The molecule has 0 saturated carbocycles. The average Bonchev–Trinajstić information content (AvgIpc) is 2.83.